The molecule has 0 heterocycles. The van der Waals surface area contributed by atoms with Crippen molar-refractivity contribution in [3.8, 4) is 0 Å². The average molecular weight is 269 g/mol. The van der Waals surface area contributed by atoms with Crippen LogP contribution in [0.1, 0.15) is 34.1 Å². The number of hydrogen-bond acceptors (Lipinski definition) is 3. The van der Waals surface area contributed by atoms with Crippen LogP contribution >= 0.6 is 15.9 Å². The second kappa shape index (κ2) is 13.1. The number of ether oxygens (including phenoxy) is 2. The third kappa shape index (κ3) is 14.6. The molecule has 0 saturated heterocycles. The van der Waals surface area contributed by atoms with Crippen molar-refractivity contribution in [2.45, 2.75) is 45.2 Å². The van der Waals surface area contributed by atoms with Crippen LogP contribution in [0.15, 0.2) is 0 Å². The van der Waals surface area contributed by atoms with E-state index in [1.807, 2.05) is 27.7 Å². The van der Waals surface area contributed by atoms with E-state index in [2.05, 4.69) is 15.9 Å². The Bertz CT molecular complexity index is 114. The second-order valence-electron chi connectivity index (χ2n) is 2.54. The maximum Gasteiger partial charge on any atom is 0.154 e. The lowest BCUT2D eigenvalue weighted by molar-refractivity contribution is -0.123. The van der Waals surface area contributed by atoms with Gasteiger partial charge in [0, 0.05) is 13.2 Å². The van der Waals surface area contributed by atoms with Crippen molar-refractivity contribution in [2.75, 3.05) is 13.2 Å². The third-order valence-electron chi connectivity index (χ3n) is 1.34. The van der Waals surface area contributed by atoms with Crippen LogP contribution in [-0.4, -0.2) is 30.6 Å². The molecule has 3 nitrogen and oxygen atoms in total. The van der Waals surface area contributed by atoms with E-state index in [-0.39, 0.29) is 11.1 Å². The van der Waals surface area contributed by atoms with Crippen molar-refractivity contribution >= 4 is 22.2 Å². The number of halogens is 1. The predicted octanol–water partition coefficient (Wildman–Crippen LogP) is 2.76. The summed E-state index contributed by atoms with van der Waals surface area (Å²) < 4.78 is 10.1. The molecular formula is C10H21BrO3. The molecule has 0 saturated carbocycles. The Morgan fingerprint density at radius 3 is 1.79 bits per heavy atom. The first-order valence-electron chi connectivity index (χ1n) is 4.94. The monoisotopic (exact) mass is 268 g/mol. The van der Waals surface area contributed by atoms with Crippen molar-refractivity contribution < 1.29 is 14.3 Å². The van der Waals surface area contributed by atoms with Gasteiger partial charge in [0.1, 0.15) is 6.29 Å². The number of carbonyl (C=O) groups excluding carboxylic acids is 1. The van der Waals surface area contributed by atoms with E-state index < -0.39 is 0 Å². The zero-order valence-corrected chi connectivity index (χ0v) is 11.0. The highest BCUT2D eigenvalue weighted by Gasteiger charge is 1.94. The molecule has 0 aromatic heterocycles. The molecule has 0 N–H and O–H groups in total. The summed E-state index contributed by atoms with van der Waals surface area (Å²) in [5, 5.41) is 0. The number of hydrogen-bond donors (Lipinski definition) is 0. The molecule has 0 aliphatic heterocycles. The van der Waals surface area contributed by atoms with Gasteiger partial charge in [0.25, 0.3) is 0 Å². The number of rotatable bonds is 6. The minimum Gasteiger partial charge on any atom is -0.353 e. The second-order valence-corrected chi connectivity index (χ2v) is 3.71. The molecule has 0 aromatic rings. The molecular weight excluding hydrogens is 248 g/mol. The van der Waals surface area contributed by atoms with Gasteiger partial charge in [-0.05, 0) is 27.2 Å². The van der Waals surface area contributed by atoms with Crippen molar-refractivity contribution in [2.24, 2.45) is 0 Å². The van der Waals surface area contributed by atoms with Crippen LogP contribution < -0.4 is 0 Å². The van der Waals surface area contributed by atoms with E-state index in [0.29, 0.717) is 0 Å². The largest absolute Gasteiger partial charge is 0.353 e. The van der Waals surface area contributed by atoms with Crippen molar-refractivity contribution in [1.29, 1.82) is 0 Å². The molecule has 0 radical (unpaired) electrons. The van der Waals surface area contributed by atoms with E-state index in [1.165, 1.54) is 0 Å². The van der Waals surface area contributed by atoms with Gasteiger partial charge in [0.05, 0.1) is 4.83 Å². The summed E-state index contributed by atoms with van der Waals surface area (Å²) in [4.78, 5) is 9.76. The van der Waals surface area contributed by atoms with Crippen molar-refractivity contribution in [3.05, 3.63) is 0 Å². The Morgan fingerprint density at radius 1 is 1.21 bits per heavy atom. The quantitative estimate of drug-likeness (QED) is 0.422. The first-order valence-corrected chi connectivity index (χ1v) is 5.86. The van der Waals surface area contributed by atoms with Crippen molar-refractivity contribution in [3.63, 3.8) is 0 Å². The number of alkyl halides is 1. The molecule has 0 aromatic carbocycles. The average Bonchev–Trinajstić information content (AvgIpc) is 2.18. The summed E-state index contributed by atoms with van der Waals surface area (Å²) in [6, 6.07) is 0. The SMILES string of the molecule is CCC(Br)C=O.CCOC(C)OCC. The molecule has 86 valence electrons. The first-order chi connectivity index (χ1) is 6.62. The van der Waals surface area contributed by atoms with Crippen LogP contribution in [0.4, 0.5) is 0 Å². The van der Waals surface area contributed by atoms with Gasteiger partial charge in [-0.3, -0.25) is 0 Å². The Morgan fingerprint density at radius 2 is 1.64 bits per heavy atom. The van der Waals surface area contributed by atoms with E-state index in [1.54, 1.807) is 0 Å². The minimum absolute atomic E-state index is 0.0370. The lowest BCUT2D eigenvalue weighted by Gasteiger charge is -2.09. The van der Waals surface area contributed by atoms with E-state index in [4.69, 9.17) is 9.47 Å². The smallest absolute Gasteiger partial charge is 0.154 e. The molecule has 14 heavy (non-hydrogen) atoms. The molecule has 0 spiro atoms. The molecule has 0 bridgehead atoms. The zero-order valence-electron chi connectivity index (χ0n) is 9.46. The maximum absolute atomic E-state index is 9.69. The summed E-state index contributed by atoms with van der Waals surface area (Å²) >= 11 is 3.11. The summed E-state index contributed by atoms with van der Waals surface area (Å²) in [6.45, 7) is 9.20. The topological polar surface area (TPSA) is 35.5 Å². The summed E-state index contributed by atoms with van der Waals surface area (Å²) in [6.07, 6.45) is 1.73. The number of aldehydes is 1. The fraction of sp³-hybridized carbons (Fsp3) is 0.900. The van der Waals surface area contributed by atoms with Crippen LogP contribution in [0.25, 0.3) is 0 Å². The normalized spacial score (nSPS) is 11.9. The fourth-order valence-corrected chi connectivity index (χ4v) is 0.614. The summed E-state index contributed by atoms with van der Waals surface area (Å²) in [5.74, 6) is 0. The van der Waals surface area contributed by atoms with Crippen LogP contribution in [0.5, 0.6) is 0 Å². The fourth-order valence-electron chi connectivity index (χ4n) is 0.614. The van der Waals surface area contributed by atoms with Gasteiger partial charge in [0.15, 0.2) is 6.29 Å². The molecule has 0 aliphatic rings. The Balaban J connectivity index is 0. The molecule has 0 fully saturated rings. The van der Waals surface area contributed by atoms with E-state index in [0.717, 1.165) is 25.9 Å². The Kier molecular flexibility index (Phi) is 15.4. The van der Waals surface area contributed by atoms with Gasteiger partial charge in [0.2, 0.25) is 0 Å². The Labute approximate surface area is 95.3 Å². The van der Waals surface area contributed by atoms with E-state index in [9.17, 15) is 4.79 Å². The summed E-state index contributed by atoms with van der Waals surface area (Å²) in [7, 11) is 0. The predicted molar refractivity (Wildman–Crippen MR) is 61.8 cm³/mol. The lowest BCUT2D eigenvalue weighted by Crippen LogP contribution is -2.11. The van der Waals surface area contributed by atoms with Gasteiger partial charge >= 0.3 is 0 Å². The van der Waals surface area contributed by atoms with E-state index >= 15 is 0 Å². The van der Waals surface area contributed by atoms with Gasteiger partial charge in [-0.2, -0.15) is 0 Å². The number of carbonyl (C=O) groups is 1. The van der Waals surface area contributed by atoms with Crippen molar-refractivity contribution in [1.82, 2.24) is 0 Å². The lowest BCUT2D eigenvalue weighted by atomic mass is 10.4. The van der Waals surface area contributed by atoms with Gasteiger partial charge < -0.3 is 14.3 Å². The molecule has 0 amide bonds. The van der Waals surface area contributed by atoms with Crippen LogP contribution in [-0.2, 0) is 14.3 Å². The Hall–Kier alpha value is 0.0700. The van der Waals surface area contributed by atoms with Crippen LogP contribution in [0, 0.1) is 0 Å². The standard InChI is InChI=1S/C6H14O2.C4H7BrO/c1-4-7-6(3)8-5-2;1-2-4(5)3-6/h6H,4-5H2,1-3H3;3-4H,2H2,1H3. The molecule has 4 heteroatoms. The third-order valence-corrected chi connectivity index (χ3v) is 2.20. The van der Waals surface area contributed by atoms with Gasteiger partial charge in [-0.15, -0.1) is 0 Å². The highest BCUT2D eigenvalue weighted by Crippen LogP contribution is 1.97. The highest BCUT2D eigenvalue weighted by molar-refractivity contribution is 9.09. The van der Waals surface area contributed by atoms with Gasteiger partial charge in [-0.25, -0.2) is 0 Å². The summed E-state index contributed by atoms with van der Waals surface area (Å²) in [5.41, 5.74) is 0. The highest BCUT2D eigenvalue weighted by atomic mass is 79.9. The van der Waals surface area contributed by atoms with Gasteiger partial charge in [-0.1, -0.05) is 22.9 Å². The molecule has 0 aliphatic carbocycles. The molecule has 0 rings (SSSR count). The van der Waals surface area contributed by atoms with Crippen LogP contribution in [0.3, 0.4) is 0 Å². The maximum atomic E-state index is 9.69. The van der Waals surface area contributed by atoms with Crippen LogP contribution in [0.2, 0.25) is 0 Å². The minimum atomic E-state index is -0.0370. The first kappa shape index (κ1) is 16.5. The molecule has 1 atom stereocenters. The molecule has 1 unspecified atom stereocenters. The zero-order chi connectivity index (χ0) is 11.4.